The van der Waals surface area contributed by atoms with Gasteiger partial charge in [-0.2, -0.15) is 0 Å². The number of hydrogen-bond donors (Lipinski definition) is 0. The number of unbranched alkanes of at least 4 members (excludes halogenated alkanes) is 6. The molecule has 0 radical (unpaired) electrons. The molecule has 0 heteroatoms. The smallest absolute Gasteiger partial charge is 0.000705 e. The fourth-order valence-electron chi connectivity index (χ4n) is 6.47. The summed E-state index contributed by atoms with van der Waals surface area (Å²) in [5.41, 5.74) is 15.0. The zero-order chi connectivity index (χ0) is 27.1. The van der Waals surface area contributed by atoms with Gasteiger partial charge in [0.2, 0.25) is 0 Å². The summed E-state index contributed by atoms with van der Waals surface area (Å²) in [5.74, 6) is 0. The van der Waals surface area contributed by atoms with Crippen LogP contribution < -0.4 is 0 Å². The normalized spacial score (nSPS) is 11.8. The fraction of sp³-hybridized carbons (Fsp3) is 0.250. The molecule has 0 saturated carbocycles. The number of fused-ring (bicyclic) bond motifs is 3. The second-order valence-corrected chi connectivity index (χ2v) is 11.3. The van der Waals surface area contributed by atoms with Gasteiger partial charge in [-0.3, -0.25) is 0 Å². The van der Waals surface area contributed by atoms with E-state index in [1.165, 1.54) is 113 Å². The SMILES string of the molecule is CCCCCCCCCc1ccc(-c2c3c(cc(-c4ccccc4)c2-c2ccccc2)-c2ccccc2C3)cc1. The highest BCUT2D eigenvalue weighted by Gasteiger charge is 2.27. The molecule has 0 fully saturated rings. The third-order valence-electron chi connectivity index (χ3n) is 8.57. The van der Waals surface area contributed by atoms with Crippen LogP contribution in [0.3, 0.4) is 0 Å². The molecule has 0 aromatic heterocycles. The van der Waals surface area contributed by atoms with Gasteiger partial charge in [0.25, 0.3) is 0 Å². The highest BCUT2D eigenvalue weighted by Crippen LogP contribution is 2.50. The van der Waals surface area contributed by atoms with Crippen LogP contribution in [-0.2, 0) is 12.8 Å². The molecule has 0 heterocycles. The van der Waals surface area contributed by atoms with Crippen molar-refractivity contribution < 1.29 is 0 Å². The lowest BCUT2D eigenvalue weighted by Gasteiger charge is -2.21. The molecule has 5 aromatic carbocycles. The maximum atomic E-state index is 2.46. The molecule has 0 aliphatic heterocycles. The Morgan fingerprint density at radius 3 is 1.80 bits per heavy atom. The van der Waals surface area contributed by atoms with Gasteiger partial charge in [-0.25, -0.2) is 0 Å². The molecule has 200 valence electrons. The van der Waals surface area contributed by atoms with E-state index < -0.39 is 0 Å². The number of benzene rings is 5. The molecule has 1 aliphatic carbocycles. The average Bonchev–Trinajstić information content (AvgIpc) is 3.39. The van der Waals surface area contributed by atoms with E-state index in [1.54, 1.807) is 0 Å². The second kappa shape index (κ2) is 12.5. The quantitative estimate of drug-likeness (QED) is 0.149. The third kappa shape index (κ3) is 5.54. The predicted octanol–water partition coefficient (Wildman–Crippen LogP) is 11.6. The van der Waals surface area contributed by atoms with Crippen LogP contribution in [0.5, 0.6) is 0 Å². The highest BCUT2D eigenvalue weighted by molar-refractivity contribution is 6.01. The van der Waals surface area contributed by atoms with Crippen molar-refractivity contribution in [2.45, 2.75) is 64.7 Å². The molecule has 0 unspecified atom stereocenters. The Labute approximate surface area is 240 Å². The van der Waals surface area contributed by atoms with E-state index in [1.807, 2.05) is 0 Å². The largest absolute Gasteiger partial charge is 0.0654 e. The van der Waals surface area contributed by atoms with E-state index in [9.17, 15) is 0 Å². The van der Waals surface area contributed by atoms with Crippen LogP contribution in [-0.4, -0.2) is 0 Å². The fourth-order valence-corrected chi connectivity index (χ4v) is 6.47. The average molecular weight is 521 g/mol. The monoisotopic (exact) mass is 520 g/mol. The van der Waals surface area contributed by atoms with Gasteiger partial charge in [-0.15, -0.1) is 0 Å². The Morgan fingerprint density at radius 2 is 1.07 bits per heavy atom. The highest BCUT2D eigenvalue weighted by atomic mass is 14.3. The maximum Gasteiger partial charge on any atom is -0.000705 e. The van der Waals surface area contributed by atoms with Crippen LogP contribution in [0, 0.1) is 0 Å². The van der Waals surface area contributed by atoms with E-state index in [0.717, 1.165) is 6.42 Å². The first kappa shape index (κ1) is 26.3. The Morgan fingerprint density at radius 1 is 0.475 bits per heavy atom. The van der Waals surface area contributed by atoms with Gasteiger partial charge < -0.3 is 0 Å². The molecule has 0 N–H and O–H groups in total. The van der Waals surface area contributed by atoms with Crippen LogP contribution >= 0.6 is 0 Å². The maximum absolute atomic E-state index is 2.46. The summed E-state index contributed by atoms with van der Waals surface area (Å²) in [6.07, 6.45) is 11.6. The van der Waals surface area contributed by atoms with Gasteiger partial charge in [-0.1, -0.05) is 155 Å². The third-order valence-corrected chi connectivity index (χ3v) is 8.57. The number of rotatable bonds is 11. The summed E-state index contributed by atoms with van der Waals surface area (Å²) in [5, 5.41) is 0. The Kier molecular flexibility index (Phi) is 8.24. The van der Waals surface area contributed by atoms with Crippen LogP contribution in [0.1, 0.15) is 68.6 Å². The van der Waals surface area contributed by atoms with Crippen molar-refractivity contribution >= 4 is 0 Å². The van der Waals surface area contributed by atoms with Crippen molar-refractivity contribution in [1.29, 1.82) is 0 Å². The van der Waals surface area contributed by atoms with Crippen molar-refractivity contribution in [3.05, 3.63) is 132 Å². The predicted molar refractivity (Wildman–Crippen MR) is 173 cm³/mol. The molecule has 1 aliphatic rings. The van der Waals surface area contributed by atoms with Crippen LogP contribution in [0.2, 0.25) is 0 Å². The molecule has 0 saturated heterocycles. The molecular formula is C40H40. The molecule has 6 rings (SSSR count). The standard InChI is InChI=1S/C40H40/c1-2-3-4-5-6-7-10-17-30-24-26-33(27-25-30)40-38-28-34-22-15-16-23-35(34)37(38)29-36(31-18-11-8-12-19-31)39(40)32-20-13-9-14-21-32/h8-9,11-16,18-27,29H,2-7,10,17,28H2,1H3. The van der Waals surface area contributed by atoms with E-state index in [-0.39, 0.29) is 0 Å². The van der Waals surface area contributed by atoms with E-state index in [4.69, 9.17) is 0 Å². The summed E-state index contributed by atoms with van der Waals surface area (Å²) in [7, 11) is 0. The molecule has 0 nitrogen and oxygen atoms in total. The van der Waals surface area contributed by atoms with E-state index >= 15 is 0 Å². The van der Waals surface area contributed by atoms with Crippen LogP contribution in [0.4, 0.5) is 0 Å². The summed E-state index contributed by atoms with van der Waals surface area (Å²) in [6.45, 7) is 2.29. The van der Waals surface area contributed by atoms with Gasteiger partial charge >= 0.3 is 0 Å². The lowest BCUT2D eigenvalue weighted by atomic mass is 9.82. The van der Waals surface area contributed by atoms with E-state index in [2.05, 4.69) is 122 Å². The molecule has 0 atom stereocenters. The minimum atomic E-state index is 0.982. The minimum absolute atomic E-state index is 0.982. The zero-order valence-corrected chi connectivity index (χ0v) is 23.8. The molecule has 40 heavy (non-hydrogen) atoms. The van der Waals surface area contributed by atoms with Gasteiger partial charge in [0.1, 0.15) is 0 Å². The van der Waals surface area contributed by atoms with Gasteiger partial charge in [0, 0.05) is 0 Å². The first-order chi connectivity index (χ1) is 19.8. The summed E-state index contributed by atoms with van der Waals surface area (Å²) >= 11 is 0. The van der Waals surface area contributed by atoms with Gasteiger partial charge in [0.05, 0.1) is 0 Å². The van der Waals surface area contributed by atoms with Crippen molar-refractivity contribution in [3.8, 4) is 44.5 Å². The first-order valence-electron chi connectivity index (χ1n) is 15.3. The van der Waals surface area contributed by atoms with Crippen LogP contribution in [0.15, 0.2) is 115 Å². The van der Waals surface area contributed by atoms with Gasteiger partial charge in [-0.05, 0) is 86.5 Å². The summed E-state index contributed by atoms with van der Waals surface area (Å²) in [4.78, 5) is 0. The molecule has 0 bridgehead atoms. The molecule has 5 aromatic rings. The topological polar surface area (TPSA) is 0 Å². The lowest BCUT2D eigenvalue weighted by molar-refractivity contribution is 0.589. The molecule has 0 amide bonds. The Balaban J connectivity index is 1.42. The van der Waals surface area contributed by atoms with Crippen molar-refractivity contribution in [2.75, 3.05) is 0 Å². The molecule has 0 spiro atoms. The Hall–Kier alpha value is -3.90. The molecular weight excluding hydrogens is 480 g/mol. The number of hydrogen-bond acceptors (Lipinski definition) is 0. The minimum Gasteiger partial charge on any atom is -0.0654 e. The summed E-state index contributed by atoms with van der Waals surface area (Å²) in [6, 6.07) is 42.9. The van der Waals surface area contributed by atoms with Crippen LogP contribution in [0.25, 0.3) is 44.5 Å². The Bertz CT molecular complexity index is 1540. The van der Waals surface area contributed by atoms with Crippen molar-refractivity contribution in [3.63, 3.8) is 0 Å². The van der Waals surface area contributed by atoms with E-state index in [0.29, 0.717) is 0 Å². The van der Waals surface area contributed by atoms with Gasteiger partial charge in [0.15, 0.2) is 0 Å². The number of aryl methyl sites for hydroxylation is 1. The zero-order valence-electron chi connectivity index (χ0n) is 23.8. The first-order valence-corrected chi connectivity index (χ1v) is 15.3. The van der Waals surface area contributed by atoms with Crippen molar-refractivity contribution in [2.24, 2.45) is 0 Å². The summed E-state index contributed by atoms with van der Waals surface area (Å²) < 4.78 is 0. The van der Waals surface area contributed by atoms with Crippen molar-refractivity contribution in [1.82, 2.24) is 0 Å². The lowest BCUT2D eigenvalue weighted by Crippen LogP contribution is -1.97. The second-order valence-electron chi connectivity index (χ2n) is 11.3.